The number of likely N-dealkylation sites (N-methyl/N-ethyl adjacent to an activating group) is 1. The normalized spacial score (nSPS) is 15.6. The third kappa shape index (κ3) is 5.26. The summed E-state index contributed by atoms with van der Waals surface area (Å²) in [5, 5.41) is 15.2. The highest BCUT2D eigenvalue weighted by atomic mass is 19.4. The Morgan fingerprint density at radius 1 is 1.14 bits per heavy atom. The van der Waals surface area contributed by atoms with Gasteiger partial charge in [0.1, 0.15) is 6.07 Å². The second kappa shape index (κ2) is 9.59. The van der Waals surface area contributed by atoms with Crippen molar-refractivity contribution >= 4 is 23.2 Å². The Bertz CT molecular complexity index is 1400. The van der Waals surface area contributed by atoms with Crippen LogP contribution in [0.4, 0.5) is 30.5 Å². The maximum absolute atomic E-state index is 13.1. The number of aromatic nitrogens is 2. The number of amides is 1. The Kier molecular flexibility index (Phi) is 6.31. The Morgan fingerprint density at radius 3 is 2.65 bits per heavy atom. The quantitative estimate of drug-likeness (QED) is 0.537. The fourth-order valence-electron chi connectivity index (χ4n) is 4.32. The molecule has 3 aromatic rings. The highest BCUT2D eigenvalue weighted by molar-refractivity contribution is 5.99. The van der Waals surface area contributed by atoms with Gasteiger partial charge in [0.2, 0.25) is 5.95 Å². The van der Waals surface area contributed by atoms with Crippen LogP contribution in [0, 0.1) is 11.3 Å². The summed E-state index contributed by atoms with van der Waals surface area (Å²) in [6, 6.07) is 11.6. The van der Waals surface area contributed by atoms with Crippen LogP contribution in [-0.2, 0) is 6.54 Å². The topological polar surface area (TPSA) is 106 Å². The zero-order valence-electron chi connectivity index (χ0n) is 19.8. The fraction of sp³-hybridized carbons (Fsp3) is 0.280. The van der Waals surface area contributed by atoms with Crippen LogP contribution >= 0.6 is 0 Å². The minimum atomic E-state index is -4.90. The number of nitriles is 1. The van der Waals surface area contributed by atoms with E-state index >= 15 is 0 Å². The van der Waals surface area contributed by atoms with E-state index in [2.05, 4.69) is 35.1 Å². The summed E-state index contributed by atoms with van der Waals surface area (Å²) in [6.45, 7) is 3.51. The predicted octanol–water partition coefficient (Wildman–Crippen LogP) is 3.65. The second-order valence-electron chi connectivity index (χ2n) is 8.77. The van der Waals surface area contributed by atoms with E-state index in [-0.39, 0.29) is 28.8 Å². The maximum Gasteiger partial charge on any atom is 0.573 e. The van der Waals surface area contributed by atoms with Crippen molar-refractivity contribution in [2.75, 3.05) is 43.4 Å². The molecule has 0 atom stereocenters. The number of hydrogen-bond acceptors (Lipinski definition) is 8. The lowest BCUT2D eigenvalue weighted by molar-refractivity contribution is -0.274. The van der Waals surface area contributed by atoms with Crippen LogP contribution in [-0.4, -0.2) is 60.4 Å². The number of ether oxygens (including phenoxy) is 1. The molecule has 1 saturated heterocycles. The second-order valence-corrected chi connectivity index (χ2v) is 8.77. The summed E-state index contributed by atoms with van der Waals surface area (Å²) in [7, 11) is 2.01. The third-order valence-corrected chi connectivity index (χ3v) is 6.28. The zero-order chi connectivity index (χ0) is 26.2. The van der Waals surface area contributed by atoms with E-state index in [1.54, 1.807) is 30.3 Å². The van der Waals surface area contributed by atoms with Crippen molar-refractivity contribution in [2.45, 2.75) is 12.9 Å². The predicted molar refractivity (Wildman–Crippen MR) is 129 cm³/mol. The van der Waals surface area contributed by atoms with Gasteiger partial charge in [-0.1, -0.05) is 12.1 Å². The Hall–Kier alpha value is -4.37. The molecule has 37 heavy (non-hydrogen) atoms. The van der Waals surface area contributed by atoms with Gasteiger partial charge in [-0.3, -0.25) is 4.79 Å². The van der Waals surface area contributed by atoms with E-state index in [0.717, 1.165) is 37.4 Å². The lowest BCUT2D eigenvalue weighted by Crippen LogP contribution is -2.44. The first-order valence-electron chi connectivity index (χ1n) is 11.5. The highest BCUT2D eigenvalue weighted by Gasteiger charge is 2.32. The Balaban J connectivity index is 1.51. The monoisotopic (exact) mass is 509 g/mol. The Morgan fingerprint density at radius 2 is 1.92 bits per heavy atom. The number of carbonyl (C=O) groups excluding carboxylic acids is 1. The SMILES string of the molecule is CN1CCN(c2ccc(OC(F)(F)F)c(Nc3ncc(C#N)c(-c4ccc5c(c4)C(=O)NC5)n3)c2)CC1. The molecule has 1 aromatic heterocycles. The van der Waals surface area contributed by atoms with Gasteiger partial charge in [-0.25, -0.2) is 9.97 Å². The van der Waals surface area contributed by atoms with Crippen LogP contribution in [0.2, 0.25) is 0 Å². The van der Waals surface area contributed by atoms with E-state index in [1.807, 2.05) is 13.1 Å². The number of halogens is 3. The summed E-state index contributed by atoms with van der Waals surface area (Å²) >= 11 is 0. The lowest BCUT2D eigenvalue weighted by atomic mass is 10.0. The molecule has 0 radical (unpaired) electrons. The van der Waals surface area contributed by atoms with Gasteiger partial charge < -0.3 is 25.2 Å². The molecular weight excluding hydrogens is 487 g/mol. The molecule has 3 heterocycles. The van der Waals surface area contributed by atoms with Crippen molar-refractivity contribution in [1.29, 1.82) is 5.26 Å². The van der Waals surface area contributed by atoms with Crippen LogP contribution in [0.15, 0.2) is 42.6 Å². The number of nitrogens with zero attached hydrogens (tertiary/aromatic N) is 5. The van der Waals surface area contributed by atoms with Gasteiger partial charge >= 0.3 is 6.36 Å². The molecule has 190 valence electrons. The van der Waals surface area contributed by atoms with Crippen molar-refractivity contribution in [3.8, 4) is 23.1 Å². The molecule has 1 amide bonds. The van der Waals surface area contributed by atoms with Crippen molar-refractivity contribution in [2.24, 2.45) is 0 Å². The first-order valence-corrected chi connectivity index (χ1v) is 11.5. The molecule has 1 fully saturated rings. The van der Waals surface area contributed by atoms with E-state index in [0.29, 0.717) is 17.7 Å². The van der Waals surface area contributed by atoms with E-state index in [4.69, 9.17) is 0 Å². The van der Waals surface area contributed by atoms with E-state index in [9.17, 15) is 23.2 Å². The van der Waals surface area contributed by atoms with Crippen LogP contribution in [0.25, 0.3) is 11.3 Å². The van der Waals surface area contributed by atoms with Gasteiger partial charge in [0.05, 0.1) is 23.1 Å². The van der Waals surface area contributed by atoms with Gasteiger partial charge in [-0.05, 0) is 36.9 Å². The molecule has 9 nitrogen and oxygen atoms in total. The van der Waals surface area contributed by atoms with Crippen molar-refractivity contribution in [3.63, 3.8) is 0 Å². The fourth-order valence-corrected chi connectivity index (χ4v) is 4.32. The van der Waals surface area contributed by atoms with Gasteiger partial charge in [0.25, 0.3) is 5.91 Å². The average Bonchev–Trinajstić information content (AvgIpc) is 3.24. The number of piperazine rings is 1. The molecule has 5 rings (SSSR count). The summed E-state index contributed by atoms with van der Waals surface area (Å²) in [5.74, 6) is -0.687. The number of benzene rings is 2. The molecular formula is C25H22F3N7O2. The van der Waals surface area contributed by atoms with E-state index < -0.39 is 12.1 Å². The minimum Gasteiger partial charge on any atom is -0.404 e. The third-order valence-electron chi connectivity index (χ3n) is 6.28. The van der Waals surface area contributed by atoms with Crippen molar-refractivity contribution < 1.29 is 22.7 Å². The van der Waals surface area contributed by atoms with Crippen LogP contribution in [0.5, 0.6) is 5.75 Å². The number of fused-ring (bicyclic) bond motifs is 1. The van der Waals surface area contributed by atoms with E-state index in [1.165, 1.54) is 12.3 Å². The summed E-state index contributed by atoms with van der Waals surface area (Å²) in [4.78, 5) is 24.9. The van der Waals surface area contributed by atoms with Crippen LogP contribution < -0.4 is 20.3 Å². The molecule has 2 N–H and O–H groups in total. The van der Waals surface area contributed by atoms with Gasteiger partial charge in [-0.2, -0.15) is 5.26 Å². The Labute approximate surface area is 210 Å². The number of alkyl halides is 3. The first kappa shape index (κ1) is 24.3. The molecule has 0 aliphatic carbocycles. The van der Waals surface area contributed by atoms with Crippen LogP contribution in [0.1, 0.15) is 21.5 Å². The molecule has 2 aliphatic heterocycles. The molecule has 12 heteroatoms. The summed E-state index contributed by atoms with van der Waals surface area (Å²) in [6.07, 6.45) is -3.61. The molecule has 2 aromatic carbocycles. The van der Waals surface area contributed by atoms with Gasteiger partial charge in [0, 0.05) is 49.5 Å². The molecule has 0 spiro atoms. The average molecular weight is 509 g/mol. The number of anilines is 3. The van der Waals surface area contributed by atoms with Crippen molar-refractivity contribution in [3.05, 3.63) is 59.3 Å². The van der Waals surface area contributed by atoms with Crippen molar-refractivity contribution in [1.82, 2.24) is 20.2 Å². The molecule has 0 unspecified atom stereocenters. The molecule has 0 bridgehead atoms. The number of carbonyl (C=O) groups is 1. The summed E-state index contributed by atoms with van der Waals surface area (Å²) in [5.41, 5.74) is 2.97. The number of rotatable bonds is 5. The minimum absolute atomic E-state index is 0.0257. The smallest absolute Gasteiger partial charge is 0.404 e. The first-order chi connectivity index (χ1) is 17.7. The maximum atomic E-state index is 13.1. The number of nitrogens with one attached hydrogen (secondary N) is 2. The summed E-state index contributed by atoms with van der Waals surface area (Å²) < 4.78 is 43.6. The molecule has 0 saturated carbocycles. The highest BCUT2D eigenvalue weighted by Crippen LogP contribution is 2.36. The van der Waals surface area contributed by atoms with Crippen LogP contribution in [0.3, 0.4) is 0 Å². The number of hydrogen-bond donors (Lipinski definition) is 2. The largest absolute Gasteiger partial charge is 0.573 e. The zero-order valence-corrected chi connectivity index (χ0v) is 19.8. The van der Waals surface area contributed by atoms with Gasteiger partial charge in [0.15, 0.2) is 5.75 Å². The lowest BCUT2D eigenvalue weighted by Gasteiger charge is -2.34. The standard InChI is InChI=1S/C25H22F3N7O2/c1-34-6-8-35(9-7-34)18-4-5-21(37-25(26,27)28)20(11-18)32-24-31-14-17(12-29)22(33-24)15-2-3-16-13-30-23(36)19(16)10-15/h2-5,10-11,14H,6-9,13H2,1H3,(H,30,36)(H,31,32,33). The molecule has 2 aliphatic rings. The van der Waals surface area contributed by atoms with Gasteiger partial charge in [-0.15, -0.1) is 13.2 Å².